The molecule has 0 aliphatic carbocycles. The molecule has 1 aliphatic rings. The molecule has 0 amide bonds. The van der Waals surface area contributed by atoms with Crippen molar-refractivity contribution in [1.82, 2.24) is 30.0 Å². The molecule has 1 aliphatic heterocycles. The van der Waals surface area contributed by atoms with Gasteiger partial charge in [-0.25, -0.2) is 15.0 Å². The van der Waals surface area contributed by atoms with Crippen molar-refractivity contribution in [3.8, 4) is 11.3 Å². The lowest BCUT2D eigenvalue weighted by Crippen LogP contribution is -2.28. The SMILES string of the molecule is Cc1cc(-c2ccnc(Nc3cc4n(n3)CCNC4)n2)ccc1CCC(=O)c1cnc(C(C)(C)C)s1. The molecule has 0 saturated heterocycles. The van der Waals surface area contributed by atoms with Gasteiger partial charge in [-0.1, -0.05) is 32.9 Å². The lowest BCUT2D eigenvalue weighted by atomic mass is 9.98. The van der Waals surface area contributed by atoms with Crippen LogP contribution in [0.15, 0.2) is 42.7 Å². The molecule has 0 unspecified atom stereocenters. The Hall–Kier alpha value is -3.43. The number of ketones is 1. The number of carbonyl (C=O) groups is 1. The molecule has 8 nitrogen and oxygen atoms in total. The summed E-state index contributed by atoms with van der Waals surface area (Å²) in [6.07, 6.45) is 4.65. The number of nitrogens with one attached hydrogen (secondary N) is 2. The smallest absolute Gasteiger partial charge is 0.228 e. The number of aromatic nitrogens is 5. The Morgan fingerprint density at radius 1 is 1.19 bits per heavy atom. The van der Waals surface area contributed by atoms with Crippen molar-refractivity contribution in [3.63, 3.8) is 0 Å². The first-order valence-corrected chi connectivity index (χ1v) is 13.0. The van der Waals surface area contributed by atoms with Crippen molar-refractivity contribution in [3.05, 3.63) is 69.4 Å². The largest absolute Gasteiger partial charge is 0.309 e. The van der Waals surface area contributed by atoms with Gasteiger partial charge in [-0.15, -0.1) is 11.3 Å². The molecule has 2 N–H and O–H groups in total. The van der Waals surface area contributed by atoms with Crippen LogP contribution in [0.4, 0.5) is 11.8 Å². The summed E-state index contributed by atoms with van der Waals surface area (Å²) >= 11 is 1.51. The van der Waals surface area contributed by atoms with Gasteiger partial charge in [0.2, 0.25) is 5.95 Å². The first kappa shape index (κ1) is 24.3. The fraction of sp³-hybridized carbons (Fsp3) is 0.370. The molecule has 9 heteroatoms. The van der Waals surface area contributed by atoms with Crippen LogP contribution in [-0.2, 0) is 24.9 Å². The van der Waals surface area contributed by atoms with Crippen molar-refractivity contribution in [1.29, 1.82) is 0 Å². The van der Waals surface area contributed by atoms with Crippen LogP contribution in [0.5, 0.6) is 0 Å². The molecule has 1 aromatic carbocycles. The summed E-state index contributed by atoms with van der Waals surface area (Å²) in [6, 6.07) is 10.2. The molecule has 4 heterocycles. The van der Waals surface area contributed by atoms with Crippen LogP contribution in [0.3, 0.4) is 0 Å². The number of nitrogens with zero attached hydrogens (tertiary/aromatic N) is 5. The minimum absolute atomic E-state index is 0.0401. The minimum atomic E-state index is -0.0401. The maximum atomic E-state index is 12.7. The quantitative estimate of drug-likeness (QED) is 0.341. The van der Waals surface area contributed by atoms with E-state index in [0.29, 0.717) is 18.8 Å². The second-order valence-electron chi connectivity index (χ2n) is 10.2. The third-order valence-corrected chi connectivity index (χ3v) is 7.71. The van der Waals surface area contributed by atoms with Crippen LogP contribution in [0.25, 0.3) is 11.3 Å². The number of thiazole rings is 1. The topological polar surface area (TPSA) is 97.6 Å². The zero-order valence-corrected chi connectivity index (χ0v) is 21.9. The summed E-state index contributed by atoms with van der Waals surface area (Å²) in [6.45, 7) is 11.0. The molecule has 36 heavy (non-hydrogen) atoms. The average molecular weight is 502 g/mol. The van der Waals surface area contributed by atoms with Crippen LogP contribution in [0, 0.1) is 6.92 Å². The van der Waals surface area contributed by atoms with Gasteiger partial charge >= 0.3 is 0 Å². The monoisotopic (exact) mass is 501 g/mol. The molecule has 4 aromatic rings. The number of benzene rings is 1. The van der Waals surface area contributed by atoms with E-state index in [9.17, 15) is 4.79 Å². The number of hydrogen-bond acceptors (Lipinski definition) is 8. The van der Waals surface area contributed by atoms with Crippen LogP contribution in [0.2, 0.25) is 0 Å². The Bertz CT molecular complexity index is 1380. The molecule has 0 radical (unpaired) electrons. The Morgan fingerprint density at radius 3 is 2.81 bits per heavy atom. The van der Waals surface area contributed by atoms with E-state index in [-0.39, 0.29) is 11.2 Å². The van der Waals surface area contributed by atoms with Crippen molar-refractivity contribution >= 4 is 28.9 Å². The highest BCUT2D eigenvalue weighted by molar-refractivity contribution is 7.13. The van der Waals surface area contributed by atoms with Crippen molar-refractivity contribution in [2.24, 2.45) is 0 Å². The van der Waals surface area contributed by atoms with Gasteiger partial charge in [0.15, 0.2) is 11.6 Å². The van der Waals surface area contributed by atoms with Crippen molar-refractivity contribution in [2.75, 3.05) is 11.9 Å². The van der Waals surface area contributed by atoms with E-state index in [4.69, 9.17) is 4.98 Å². The van der Waals surface area contributed by atoms with E-state index in [1.54, 1.807) is 12.4 Å². The van der Waals surface area contributed by atoms with Gasteiger partial charge in [-0.05, 0) is 36.6 Å². The average Bonchev–Trinajstić information content (AvgIpc) is 3.50. The van der Waals surface area contributed by atoms with Crippen LogP contribution >= 0.6 is 11.3 Å². The van der Waals surface area contributed by atoms with Gasteiger partial charge in [0.25, 0.3) is 0 Å². The predicted molar refractivity (Wildman–Crippen MR) is 143 cm³/mol. The van der Waals surface area contributed by atoms with E-state index < -0.39 is 0 Å². The highest BCUT2D eigenvalue weighted by atomic mass is 32.1. The highest BCUT2D eigenvalue weighted by Gasteiger charge is 2.20. The molecule has 5 rings (SSSR count). The van der Waals surface area contributed by atoms with E-state index >= 15 is 0 Å². The highest BCUT2D eigenvalue weighted by Crippen LogP contribution is 2.28. The number of rotatable bonds is 7. The molecule has 0 atom stereocenters. The summed E-state index contributed by atoms with van der Waals surface area (Å²) in [5.74, 6) is 1.41. The third-order valence-electron chi connectivity index (χ3n) is 6.25. The predicted octanol–water partition coefficient (Wildman–Crippen LogP) is 5.06. The van der Waals surface area contributed by atoms with Crippen molar-refractivity contribution < 1.29 is 4.79 Å². The van der Waals surface area contributed by atoms with E-state index in [2.05, 4.69) is 71.6 Å². The Kier molecular flexibility index (Phi) is 6.68. The summed E-state index contributed by atoms with van der Waals surface area (Å²) in [5, 5.41) is 12.2. The van der Waals surface area contributed by atoms with Crippen LogP contribution in [-0.4, -0.2) is 37.1 Å². The molecule has 0 spiro atoms. The molecule has 0 saturated carbocycles. The van der Waals surface area contributed by atoms with Crippen LogP contribution in [0.1, 0.15) is 58.7 Å². The lowest BCUT2D eigenvalue weighted by Gasteiger charge is -2.13. The third kappa shape index (κ3) is 5.37. The number of aryl methyl sites for hydroxylation is 2. The zero-order chi connectivity index (χ0) is 25.3. The summed E-state index contributed by atoms with van der Waals surface area (Å²) in [7, 11) is 0. The maximum absolute atomic E-state index is 12.7. The van der Waals surface area contributed by atoms with Gasteiger partial charge in [0.05, 0.1) is 27.8 Å². The number of hydrogen-bond donors (Lipinski definition) is 2. The molecule has 0 fully saturated rings. The Labute approximate surface area is 215 Å². The van der Waals surface area contributed by atoms with Gasteiger partial charge in [-0.2, -0.15) is 5.10 Å². The maximum Gasteiger partial charge on any atom is 0.228 e. The van der Waals surface area contributed by atoms with Gasteiger partial charge < -0.3 is 10.6 Å². The molecule has 186 valence electrons. The first-order valence-electron chi connectivity index (χ1n) is 12.2. The summed E-state index contributed by atoms with van der Waals surface area (Å²) in [4.78, 5) is 27.0. The lowest BCUT2D eigenvalue weighted by molar-refractivity contribution is 0.0986. The molecular formula is C27H31N7OS. The first-order chi connectivity index (χ1) is 17.3. The van der Waals surface area contributed by atoms with E-state index in [1.807, 2.05) is 16.8 Å². The second-order valence-corrected chi connectivity index (χ2v) is 11.2. The number of carbonyl (C=O) groups excluding carboxylic acids is 1. The summed E-state index contributed by atoms with van der Waals surface area (Å²) in [5.41, 5.74) is 5.26. The zero-order valence-electron chi connectivity index (χ0n) is 21.1. The normalized spacial score (nSPS) is 13.4. The van der Waals surface area contributed by atoms with Gasteiger partial charge in [0.1, 0.15) is 0 Å². The number of anilines is 2. The van der Waals surface area contributed by atoms with Gasteiger partial charge in [0, 0.05) is 48.9 Å². The summed E-state index contributed by atoms with van der Waals surface area (Å²) < 4.78 is 2.01. The molecule has 0 bridgehead atoms. The molecular weight excluding hydrogens is 470 g/mol. The molecule has 3 aromatic heterocycles. The van der Waals surface area contributed by atoms with E-state index in [0.717, 1.165) is 63.4 Å². The van der Waals surface area contributed by atoms with Crippen LogP contribution < -0.4 is 10.6 Å². The van der Waals surface area contributed by atoms with Crippen molar-refractivity contribution in [2.45, 2.75) is 59.0 Å². The van der Waals surface area contributed by atoms with E-state index in [1.165, 1.54) is 11.3 Å². The van der Waals surface area contributed by atoms with Gasteiger partial charge in [-0.3, -0.25) is 9.48 Å². The fourth-order valence-electron chi connectivity index (χ4n) is 4.20. The minimum Gasteiger partial charge on any atom is -0.309 e. The number of fused-ring (bicyclic) bond motifs is 1. The number of Topliss-reactive ketones (excluding diaryl/α,β-unsaturated/α-hetero) is 1. The second kappa shape index (κ2) is 9.91. The Balaban J connectivity index is 1.25. The standard InChI is InChI=1S/C27H31N7OS/c1-17-13-19(6-5-18(17)7-8-22(35)23-16-30-25(36-23)27(2,3)4)21-9-10-29-26(31-21)32-24-14-20-15-28-11-12-34(20)33-24/h5-6,9-10,13-14,16,28H,7-8,11-12,15H2,1-4H3,(H,29,31,32,33). The fourth-order valence-corrected chi connectivity index (χ4v) is 5.15. The Morgan fingerprint density at radius 2 is 2.06 bits per heavy atom.